The molecule has 1 aromatic heterocycles. The summed E-state index contributed by atoms with van der Waals surface area (Å²) in [5.74, 6) is -0.291. The number of esters is 1. The van der Waals surface area contributed by atoms with Crippen molar-refractivity contribution in [3.05, 3.63) is 57.2 Å². The van der Waals surface area contributed by atoms with Gasteiger partial charge in [-0.3, -0.25) is 0 Å². The van der Waals surface area contributed by atoms with Crippen molar-refractivity contribution in [1.29, 1.82) is 0 Å². The van der Waals surface area contributed by atoms with Crippen LogP contribution in [0.2, 0.25) is 5.02 Å². The quantitative estimate of drug-likeness (QED) is 0.581. The molecule has 4 nitrogen and oxygen atoms in total. The van der Waals surface area contributed by atoms with E-state index in [0.29, 0.717) is 17.2 Å². The van der Waals surface area contributed by atoms with E-state index in [4.69, 9.17) is 16.3 Å². The standard InChI is InChI=1S/C17H17ClN2O2S.BrH/c1-4-22-16(21)14-11(3)19-17-20(10(2)9-23-17)15(14)12-5-7-13(18)8-6-12;/h5-9,15H,4H2,1-3H3;1H/t15-;/m0./s1. The van der Waals surface area contributed by atoms with Gasteiger partial charge in [-0.15, -0.1) is 0 Å². The molecule has 1 N–H and O–H groups in total. The van der Waals surface area contributed by atoms with Gasteiger partial charge in [0.1, 0.15) is 17.0 Å². The third kappa shape index (κ3) is 3.36. The van der Waals surface area contributed by atoms with Crippen LogP contribution in [-0.2, 0) is 9.53 Å². The van der Waals surface area contributed by atoms with Crippen molar-refractivity contribution in [3.63, 3.8) is 0 Å². The molecule has 2 aromatic rings. The number of hydrogen-bond acceptors (Lipinski definition) is 4. The maximum absolute atomic E-state index is 12.5. The number of carbonyl (C=O) groups excluding carboxylic acids is 1. The molecular weight excluding hydrogens is 412 g/mol. The van der Waals surface area contributed by atoms with Gasteiger partial charge in [0.25, 0.3) is 0 Å². The fourth-order valence-corrected chi connectivity index (χ4v) is 3.92. The topological polar surface area (TPSA) is 42.2 Å². The minimum Gasteiger partial charge on any atom is -1.00 e. The lowest BCUT2D eigenvalue weighted by Crippen LogP contribution is -3.00. The Morgan fingerprint density at radius 2 is 2.00 bits per heavy atom. The Morgan fingerprint density at radius 3 is 2.62 bits per heavy atom. The number of aromatic nitrogens is 1. The second kappa shape index (κ2) is 7.68. The zero-order valence-corrected chi connectivity index (χ0v) is 16.8. The van der Waals surface area contributed by atoms with Crippen LogP contribution < -0.4 is 26.9 Å². The third-order valence-electron chi connectivity index (χ3n) is 3.85. The maximum Gasteiger partial charge on any atom is 0.342 e. The average Bonchev–Trinajstić information content (AvgIpc) is 2.88. The molecule has 24 heavy (non-hydrogen) atoms. The van der Waals surface area contributed by atoms with Crippen LogP contribution in [0.5, 0.6) is 0 Å². The Balaban J connectivity index is 0.00000208. The van der Waals surface area contributed by atoms with Crippen molar-refractivity contribution < 1.29 is 31.1 Å². The smallest absolute Gasteiger partial charge is 0.342 e. The second-order valence-corrected chi connectivity index (χ2v) is 6.69. The van der Waals surface area contributed by atoms with E-state index in [9.17, 15) is 4.79 Å². The minimum absolute atomic E-state index is 0. The predicted octanol–water partition coefficient (Wildman–Crippen LogP) is 0.853. The van der Waals surface area contributed by atoms with E-state index >= 15 is 0 Å². The van der Waals surface area contributed by atoms with Gasteiger partial charge in [-0.25, -0.2) is 14.7 Å². The summed E-state index contributed by atoms with van der Waals surface area (Å²) < 4.78 is 7.42. The number of fused-ring (bicyclic) bond motifs is 1. The van der Waals surface area contributed by atoms with Crippen molar-refractivity contribution in [2.24, 2.45) is 0 Å². The molecule has 1 atom stereocenters. The van der Waals surface area contributed by atoms with E-state index in [-0.39, 0.29) is 29.0 Å². The first-order valence-corrected chi connectivity index (χ1v) is 8.68. The van der Waals surface area contributed by atoms with Crippen molar-refractivity contribution in [1.82, 2.24) is 0 Å². The molecule has 128 valence electrons. The number of rotatable bonds is 3. The Bertz CT molecular complexity index is 786. The lowest BCUT2D eigenvalue weighted by Gasteiger charge is -2.24. The first kappa shape index (κ1) is 19.0. The zero-order chi connectivity index (χ0) is 16.6. The van der Waals surface area contributed by atoms with Crippen molar-refractivity contribution in [3.8, 4) is 0 Å². The molecule has 0 saturated carbocycles. The van der Waals surface area contributed by atoms with Crippen LogP contribution in [0.15, 0.2) is 40.9 Å². The Kier molecular flexibility index (Phi) is 6.06. The summed E-state index contributed by atoms with van der Waals surface area (Å²) in [5, 5.41) is 7.07. The highest BCUT2D eigenvalue weighted by Crippen LogP contribution is 2.34. The molecule has 3 rings (SSSR count). The third-order valence-corrected chi connectivity index (χ3v) is 5.08. The largest absolute Gasteiger partial charge is 1.00 e. The molecule has 0 aliphatic carbocycles. The molecule has 0 spiro atoms. The zero-order valence-electron chi connectivity index (χ0n) is 13.6. The summed E-state index contributed by atoms with van der Waals surface area (Å²) in [6.45, 7) is 6.11. The molecule has 2 heterocycles. The summed E-state index contributed by atoms with van der Waals surface area (Å²) in [5.41, 5.74) is 3.55. The molecule has 1 aliphatic rings. The highest BCUT2D eigenvalue weighted by molar-refractivity contribution is 7.13. The van der Waals surface area contributed by atoms with Crippen molar-refractivity contribution in [2.75, 3.05) is 11.9 Å². The molecule has 0 amide bonds. The molecular formula is C17H18BrClN2O2S. The van der Waals surface area contributed by atoms with Crippen molar-refractivity contribution >= 4 is 34.0 Å². The first-order chi connectivity index (χ1) is 11.0. The van der Waals surface area contributed by atoms with Gasteiger partial charge in [0.05, 0.1) is 6.61 Å². The lowest BCUT2D eigenvalue weighted by atomic mass is 9.95. The second-order valence-electron chi connectivity index (χ2n) is 5.39. The molecule has 1 aromatic carbocycles. The number of benzene rings is 1. The normalized spacial score (nSPS) is 16.1. The van der Waals surface area contributed by atoms with Crippen LogP contribution in [-0.4, -0.2) is 12.6 Å². The predicted molar refractivity (Wildman–Crippen MR) is 91.8 cm³/mol. The van der Waals surface area contributed by atoms with Crippen LogP contribution in [0.25, 0.3) is 0 Å². The van der Waals surface area contributed by atoms with Crippen LogP contribution in [0.3, 0.4) is 0 Å². The molecule has 0 bridgehead atoms. The highest BCUT2D eigenvalue weighted by atomic mass is 79.9. The number of anilines is 1. The molecule has 0 radical (unpaired) electrons. The van der Waals surface area contributed by atoms with Crippen LogP contribution in [0.1, 0.15) is 31.1 Å². The number of nitrogens with zero attached hydrogens (tertiary/aromatic N) is 1. The number of aryl methyl sites for hydroxylation is 1. The fraction of sp³-hybridized carbons (Fsp3) is 0.294. The molecule has 0 fully saturated rings. The minimum atomic E-state index is -0.291. The van der Waals surface area contributed by atoms with Gasteiger partial charge < -0.3 is 21.7 Å². The van der Waals surface area contributed by atoms with Gasteiger partial charge in [-0.1, -0.05) is 35.1 Å². The molecule has 0 saturated heterocycles. The Morgan fingerprint density at radius 1 is 1.33 bits per heavy atom. The van der Waals surface area contributed by atoms with Crippen LogP contribution >= 0.6 is 22.9 Å². The number of halogens is 2. The van der Waals surface area contributed by atoms with Gasteiger partial charge in [0.15, 0.2) is 6.04 Å². The summed E-state index contributed by atoms with van der Waals surface area (Å²) in [6.07, 6.45) is 0. The lowest BCUT2D eigenvalue weighted by molar-refractivity contribution is -0.694. The summed E-state index contributed by atoms with van der Waals surface area (Å²) in [6, 6.07) is 7.39. The van der Waals surface area contributed by atoms with E-state index in [1.54, 1.807) is 11.3 Å². The van der Waals surface area contributed by atoms with Gasteiger partial charge in [0, 0.05) is 16.0 Å². The summed E-state index contributed by atoms with van der Waals surface area (Å²) in [4.78, 5) is 12.5. The fourth-order valence-electron chi connectivity index (χ4n) is 2.82. The number of ether oxygens (including phenoxy) is 1. The number of hydrogen-bond donors (Lipinski definition) is 1. The molecule has 0 unspecified atom stereocenters. The van der Waals surface area contributed by atoms with Crippen molar-refractivity contribution in [2.45, 2.75) is 26.8 Å². The number of carbonyl (C=O) groups is 1. The molecule has 1 aliphatic heterocycles. The van der Waals surface area contributed by atoms with Gasteiger partial charge in [-0.2, -0.15) is 0 Å². The summed E-state index contributed by atoms with van der Waals surface area (Å²) in [7, 11) is 0. The molecule has 7 heteroatoms. The Hall–Kier alpha value is -1.37. The van der Waals surface area contributed by atoms with Gasteiger partial charge in [0.2, 0.25) is 0 Å². The number of nitrogens with one attached hydrogen (secondary N) is 1. The maximum atomic E-state index is 12.5. The van der Waals surface area contributed by atoms with E-state index in [0.717, 1.165) is 22.1 Å². The Labute approximate surface area is 160 Å². The number of thiazole rings is 1. The first-order valence-electron chi connectivity index (χ1n) is 7.43. The highest BCUT2D eigenvalue weighted by Gasteiger charge is 2.40. The van der Waals surface area contributed by atoms with Gasteiger partial charge >= 0.3 is 11.1 Å². The van der Waals surface area contributed by atoms with Gasteiger partial charge in [-0.05, 0) is 32.9 Å². The number of allylic oxidation sites excluding steroid dienone is 1. The van der Waals surface area contributed by atoms with Crippen LogP contribution in [0, 0.1) is 6.92 Å². The SMILES string of the molecule is CCOC(=O)C1=C(C)Nc2scc(C)[n+]2[C@H]1c1ccc(Cl)cc1.[Br-]. The summed E-state index contributed by atoms with van der Waals surface area (Å²) >= 11 is 7.64. The monoisotopic (exact) mass is 428 g/mol. The van der Waals surface area contributed by atoms with Crippen LogP contribution in [0.4, 0.5) is 5.13 Å². The van der Waals surface area contributed by atoms with E-state index in [1.807, 2.05) is 45.0 Å². The van der Waals surface area contributed by atoms with E-state index < -0.39 is 0 Å². The van der Waals surface area contributed by atoms with E-state index in [1.165, 1.54) is 0 Å². The average molecular weight is 430 g/mol. The van der Waals surface area contributed by atoms with E-state index in [2.05, 4.69) is 15.3 Å².